The van der Waals surface area contributed by atoms with Crippen molar-refractivity contribution in [1.82, 2.24) is 5.32 Å². The molecule has 1 rings (SSSR count). The van der Waals surface area contributed by atoms with Crippen molar-refractivity contribution in [2.45, 2.75) is 45.9 Å². The lowest BCUT2D eigenvalue weighted by Gasteiger charge is -2.18. The normalized spacial score (nSPS) is 13.0. The first-order chi connectivity index (χ1) is 9.97. The van der Waals surface area contributed by atoms with E-state index in [0.717, 1.165) is 23.3 Å². The first-order valence-electron chi connectivity index (χ1n) is 7.26. The van der Waals surface area contributed by atoms with E-state index in [9.17, 15) is 4.79 Å². The Morgan fingerprint density at radius 1 is 1.41 bits per heavy atom. The predicted octanol–water partition coefficient (Wildman–Crippen LogP) is 2.18. The number of carbonyl (C=O) groups excluding carboxylic acids is 1. The smallest absolute Gasteiger partial charge is 0.239 e. The van der Waals surface area contributed by atoms with Gasteiger partial charge in [0.2, 0.25) is 5.91 Å². The van der Waals surface area contributed by atoms with Gasteiger partial charge in [-0.15, -0.1) is 12.4 Å². The highest BCUT2D eigenvalue weighted by Crippen LogP contribution is 2.22. The minimum absolute atomic E-state index is 0. The summed E-state index contributed by atoms with van der Waals surface area (Å²) in [7, 11) is 1.52. The molecule has 3 N–H and O–H groups in total. The van der Waals surface area contributed by atoms with Gasteiger partial charge in [-0.3, -0.25) is 4.79 Å². The lowest BCUT2D eigenvalue weighted by Crippen LogP contribution is -2.43. The molecule has 6 heteroatoms. The molecule has 0 saturated carbocycles. The number of benzene rings is 1. The summed E-state index contributed by atoms with van der Waals surface area (Å²) in [5.41, 5.74) is 7.76. The molecule has 0 radical (unpaired) electrons. The average Bonchev–Trinajstić information content (AvgIpc) is 2.46. The average molecular weight is 331 g/mol. The molecule has 5 nitrogen and oxygen atoms in total. The molecule has 0 saturated heterocycles. The van der Waals surface area contributed by atoms with Gasteiger partial charge in [0, 0.05) is 19.2 Å². The summed E-state index contributed by atoms with van der Waals surface area (Å²) in [5.74, 6) is 0.580. The van der Waals surface area contributed by atoms with E-state index < -0.39 is 6.04 Å². The molecule has 0 heterocycles. The van der Waals surface area contributed by atoms with Crippen LogP contribution in [-0.2, 0) is 16.1 Å². The van der Waals surface area contributed by atoms with E-state index >= 15 is 0 Å². The molecule has 0 aliphatic carbocycles. The maximum absolute atomic E-state index is 11.8. The van der Waals surface area contributed by atoms with Gasteiger partial charge in [0.15, 0.2) is 0 Å². The number of hydrogen-bond donors (Lipinski definition) is 2. The van der Waals surface area contributed by atoms with E-state index in [0.29, 0.717) is 6.54 Å². The third-order valence-electron chi connectivity index (χ3n) is 3.26. The second kappa shape index (κ2) is 10.4. The molecular formula is C16H27ClN2O3. The molecule has 0 spiro atoms. The zero-order valence-corrected chi connectivity index (χ0v) is 14.5. The van der Waals surface area contributed by atoms with Crippen molar-refractivity contribution in [3.63, 3.8) is 0 Å². The van der Waals surface area contributed by atoms with Gasteiger partial charge >= 0.3 is 0 Å². The Morgan fingerprint density at radius 3 is 2.68 bits per heavy atom. The molecule has 2 unspecified atom stereocenters. The number of nitrogens with one attached hydrogen (secondary N) is 1. The monoisotopic (exact) mass is 330 g/mol. The van der Waals surface area contributed by atoms with Crippen LogP contribution in [0.1, 0.15) is 31.4 Å². The molecule has 1 amide bonds. The van der Waals surface area contributed by atoms with E-state index in [-0.39, 0.29) is 31.0 Å². The summed E-state index contributed by atoms with van der Waals surface area (Å²) >= 11 is 0. The van der Waals surface area contributed by atoms with Crippen LogP contribution in [0.5, 0.6) is 5.75 Å². The topological polar surface area (TPSA) is 73.6 Å². The minimum atomic E-state index is -0.653. The first kappa shape index (κ1) is 20.7. The maximum Gasteiger partial charge on any atom is 0.239 e. The van der Waals surface area contributed by atoms with E-state index in [1.165, 1.54) is 7.11 Å². The van der Waals surface area contributed by atoms with Crippen molar-refractivity contribution < 1.29 is 14.3 Å². The van der Waals surface area contributed by atoms with E-state index in [2.05, 4.69) is 12.2 Å². The lowest BCUT2D eigenvalue weighted by molar-refractivity contribution is -0.123. The summed E-state index contributed by atoms with van der Waals surface area (Å²) < 4.78 is 10.8. The zero-order valence-electron chi connectivity index (χ0n) is 13.7. The van der Waals surface area contributed by atoms with Gasteiger partial charge in [0.05, 0.1) is 12.7 Å². The van der Waals surface area contributed by atoms with Crippen LogP contribution in [0.2, 0.25) is 0 Å². The summed E-state index contributed by atoms with van der Waals surface area (Å²) in [6.07, 6.45) is 1.07. The lowest BCUT2D eigenvalue weighted by atomic mass is 10.1. The van der Waals surface area contributed by atoms with Gasteiger partial charge in [-0.1, -0.05) is 19.1 Å². The number of ether oxygens (including phenoxy) is 2. The van der Waals surface area contributed by atoms with Crippen LogP contribution in [0, 0.1) is 6.92 Å². The Labute approximate surface area is 139 Å². The largest absolute Gasteiger partial charge is 0.490 e. The molecule has 2 atom stereocenters. The van der Waals surface area contributed by atoms with Gasteiger partial charge < -0.3 is 20.5 Å². The molecule has 0 fully saturated rings. The molecule has 22 heavy (non-hydrogen) atoms. The molecule has 1 aromatic rings. The number of aryl methyl sites for hydroxylation is 1. The second-order valence-electron chi connectivity index (χ2n) is 5.23. The van der Waals surface area contributed by atoms with Crippen LogP contribution in [-0.4, -0.2) is 31.8 Å². The van der Waals surface area contributed by atoms with Gasteiger partial charge in [0.1, 0.15) is 11.8 Å². The number of carbonyl (C=O) groups is 1. The van der Waals surface area contributed by atoms with Crippen LogP contribution in [0.3, 0.4) is 0 Å². The molecule has 1 aromatic carbocycles. The van der Waals surface area contributed by atoms with E-state index in [4.69, 9.17) is 15.2 Å². The van der Waals surface area contributed by atoms with Crippen molar-refractivity contribution >= 4 is 18.3 Å². The highest BCUT2D eigenvalue weighted by atomic mass is 35.5. The predicted molar refractivity (Wildman–Crippen MR) is 90.5 cm³/mol. The van der Waals surface area contributed by atoms with Crippen molar-refractivity contribution in [3.8, 4) is 5.75 Å². The van der Waals surface area contributed by atoms with Crippen molar-refractivity contribution in [3.05, 3.63) is 29.3 Å². The van der Waals surface area contributed by atoms with Crippen LogP contribution in [0.15, 0.2) is 18.2 Å². The van der Waals surface area contributed by atoms with Crippen LogP contribution in [0.4, 0.5) is 0 Å². The molecular weight excluding hydrogens is 304 g/mol. The molecule has 126 valence electrons. The fraction of sp³-hybridized carbons (Fsp3) is 0.562. The van der Waals surface area contributed by atoms with Crippen LogP contribution < -0.4 is 15.8 Å². The molecule has 0 aliphatic heterocycles. The first-order valence-corrected chi connectivity index (χ1v) is 7.26. The third-order valence-corrected chi connectivity index (χ3v) is 3.26. The number of hydrogen-bond acceptors (Lipinski definition) is 4. The number of nitrogens with two attached hydrogens (primary N) is 1. The Morgan fingerprint density at radius 2 is 2.09 bits per heavy atom. The summed E-state index contributed by atoms with van der Waals surface area (Å²) in [4.78, 5) is 11.8. The molecule has 0 aromatic heterocycles. The SMILES string of the molecule is CCC(C)Oc1cc(C)ccc1CNC(=O)C(N)COC.Cl. The maximum atomic E-state index is 11.8. The number of methoxy groups -OCH3 is 1. The Balaban J connectivity index is 0.00000441. The Bertz CT molecular complexity index is 469. The summed E-state index contributed by atoms with van der Waals surface area (Å²) in [6, 6.07) is 5.30. The fourth-order valence-corrected chi connectivity index (χ4v) is 1.79. The number of amides is 1. The van der Waals surface area contributed by atoms with Gasteiger partial charge in [-0.2, -0.15) is 0 Å². The fourth-order valence-electron chi connectivity index (χ4n) is 1.79. The van der Waals surface area contributed by atoms with Crippen molar-refractivity contribution in [1.29, 1.82) is 0 Å². The molecule has 0 aliphatic rings. The Hall–Kier alpha value is -1.30. The van der Waals surface area contributed by atoms with Crippen molar-refractivity contribution in [2.24, 2.45) is 5.73 Å². The number of rotatable bonds is 8. The van der Waals surface area contributed by atoms with Gasteiger partial charge in [-0.05, 0) is 31.9 Å². The number of halogens is 1. The van der Waals surface area contributed by atoms with Crippen LogP contribution in [0.25, 0.3) is 0 Å². The highest BCUT2D eigenvalue weighted by Gasteiger charge is 2.14. The van der Waals surface area contributed by atoms with Gasteiger partial charge in [-0.25, -0.2) is 0 Å². The molecule has 0 bridgehead atoms. The highest BCUT2D eigenvalue weighted by molar-refractivity contribution is 5.85. The second-order valence-corrected chi connectivity index (χ2v) is 5.23. The van der Waals surface area contributed by atoms with Gasteiger partial charge in [0.25, 0.3) is 0 Å². The third kappa shape index (κ3) is 6.64. The van der Waals surface area contributed by atoms with E-state index in [1.54, 1.807) is 0 Å². The Kier molecular flexibility index (Phi) is 9.81. The van der Waals surface area contributed by atoms with E-state index in [1.807, 2.05) is 32.0 Å². The summed E-state index contributed by atoms with van der Waals surface area (Å²) in [6.45, 7) is 6.71. The van der Waals surface area contributed by atoms with Crippen LogP contribution >= 0.6 is 12.4 Å². The minimum Gasteiger partial charge on any atom is -0.490 e. The standard InChI is InChI=1S/C16H26N2O3.ClH/c1-5-12(3)21-15-8-11(2)6-7-13(15)9-18-16(19)14(17)10-20-4;/h6-8,12,14H,5,9-10,17H2,1-4H3,(H,18,19);1H. The summed E-state index contributed by atoms with van der Waals surface area (Å²) in [5, 5.41) is 2.81. The van der Waals surface area contributed by atoms with Crippen molar-refractivity contribution in [2.75, 3.05) is 13.7 Å². The quantitative estimate of drug-likeness (QED) is 0.766. The zero-order chi connectivity index (χ0) is 15.8.